The molecular weight excluding hydrogens is 524 g/mol. The van der Waals surface area contributed by atoms with E-state index >= 15 is 0 Å². The van der Waals surface area contributed by atoms with Gasteiger partial charge in [0.05, 0.1) is 0 Å². The van der Waals surface area contributed by atoms with Crippen LogP contribution in [0.15, 0.2) is 23.0 Å². The number of ether oxygens (including phenoxy) is 2. The van der Waals surface area contributed by atoms with Gasteiger partial charge in [-0.25, -0.2) is 0 Å². The van der Waals surface area contributed by atoms with Crippen LogP contribution in [0.4, 0.5) is 0 Å². The molecule has 0 aliphatic heterocycles. The van der Waals surface area contributed by atoms with Crippen LogP contribution in [0.1, 0.15) is 149 Å². The lowest BCUT2D eigenvalue weighted by Crippen LogP contribution is -2.14. The number of unbranched alkanes of at least 4 members (excludes halogenated alkanes) is 18. The Morgan fingerprint density at radius 1 is 0.487 bits per heavy atom. The molecule has 6 heteroatoms. The van der Waals surface area contributed by atoms with Crippen molar-refractivity contribution in [1.29, 1.82) is 0 Å². The van der Waals surface area contributed by atoms with Gasteiger partial charge in [-0.1, -0.05) is 129 Å². The topological polar surface area (TPSA) is 52.6 Å². The molecule has 0 radical (unpaired) electrons. The smallest absolute Gasteiger partial charge is 0.317 e. The molecule has 39 heavy (non-hydrogen) atoms. The van der Waals surface area contributed by atoms with Gasteiger partial charge in [0.1, 0.15) is 19.6 Å². The largest absolute Gasteiger partial charge is 0.461 e. The fraction of sp³-hybridized carbons (Fsp3) is 0.818. The Kier molecular flexibility index (Phi) is 32.6. The zero-order valence-electron chi connectivity index (χ0n) is 25.4. The molecule has 0 rings (SSSR count). The highest BCUT2D eigenvalue weighted by Crippen LogP contribution is 2.14. The van der Waals surface area contributed by atoms with Crippen LogP contribution in [-0.2, 0) is 19.1 Å². The summed E-state index contributed by atoms with van der Waals surface area (Å²) in [6.07, 6.45) is 30.3. The molecule has 0 fully saturated rings. The minimum atomic E-state index is -0.538. The van der Waals surface area contributed by atoms with Crippen LogP contribution in [0.5, 0.6) is 0 Å². The van der Waals surface area contributed by atoms with Crippen molar-refractivity contribution in [3.8, 4) is 0 Å². The lowest BCUT2D eigenvalue weighted by molar-refractivity contribution is -0.153. The van der Waals surface area contributed by atoms with Crippen molar-refractivity contribution >= 4 is 35.5 Å². The van der Waals surface area contributed by atoms with Crippen molar-refractivity contribution < 1.29 is 19.1 Å². The number of rotatable bonds is 30. The average molecular weight is 585 g/mol. The van der Waals surface area contributed by atoms with Gasteiger partial charge in [-0.2, -0.15) is 0 Å². The molecule has 228 valence electrons. The molecule has 0 aliphatic carbocycles. The maximum Gasteiger partial charge on any atom is 0.317 e. The van der Waals surface area contributed by atoms with Crippen LogP contribution in [0, 0.1) is 0 Å². The molecule has 0 heterocycles. The van der Waals surface area contributed by atoms with Crippen molar-refractivity contribution in [3.05, 3.63) is 23.0 Å². The van der Waals surface area contributed by atoms with Crippen LogP contribution < -0.4 is 0 Å². The zero-order valence-corrected chi connectivity index (χ0v) is 27.1. The molecule has 0 saturated carbocycles. The molecule has 0 aliphatic rings. The second kappa shape index (κ2) is 33.3. The summed E-state index contributed by atoms with van der Waals surface area (Å²) < 4.78 is 10.2. The molecule has 0 aromatic rings. The van der Waals surface area contributed by atoms with Gasteiger partial charge in [0.15, 0.2) is 0 Å². The van der Waals surface area contributed by atoms with Crippen LogP contribution in [0.3, 0.4) is 0 Å². The molecule has 0 amide bonds. The van der Waals surface area contributed by atoms with Gasteiger partial charge < -0.3 is 9.47 Å². The van der Waals surface area contributed by atoms with E-state index in [1.807, 2.05) is 23.0 Å². The Morgan fingerprint density at radius 2 is 0.795 bits per heavy atom. The van der Waals surface area contributed by atoms with E-state index < -0.39 is 11.9 Å². The molecule has 0 spiro atoms. The first-order valence-electron chi connectivity index (χ1n) is 16.0. The zero-order chi connectivity index (χ0) is 28.5. The number of carbonyl (C=O) groups excluding carboxylic acids is 2. The van der Waals surface area contributed by atoms with E-state index in [4.69, 9.17) is 9.47 Å². The molecular formula is C33H60O4S2. The third kappa shape index (κ3) is 33.2. The van der Waals surface area contributed by atoms with Gasteiger partial charge >= 0.3 is 11.9 Å². The third-order valence-electron chi connectivity index (χ3n) is 6.59. The Labute approximate surface area is 250 Å². The fourth-order valence-corrected chi connectivity index (χ4v) is 5.64. The molecule has 4 nitrogen and oxygen atoms in total. The maximum atomic E-state index is 11.8. The number of hydrogen-bond donors (Lipinski definition) is 0. The first kappa shape index (κ1) is 38.1. The van der Waals surface area contributed by atoms with E-state index in [0.29, 0.717) is 0 Å². The lowest BCUT2D eigenvalue weighted by atomic mass is 10.1. The first-order valence-corrected chi connectivity index (χ1v) is 18.1. The minimum absolute atomic E-state index is 0.201. The normalized spacial score (nSPS) is 11.5. The lowest BCUT2D eigenvalue weighted by Gasteiger charge is -2.03. The summed E-state index contributed by atoms with van der Waals surface area (Å²) in [6, 6.07) is 0. The summed E-state index contributed by atoms with van der Waals surface area (Å²) in [7, 11) is 0. The minimum Gasteiger partial charge on any atom is -0.461 e. The Hall–Kier alpha value is -0.880. The van der Waals surface area contributed by atoms with Gasteiger partial charge in [0, 0.05) is 0 Å². The van der Waals surface area contributed by atoms with E-state index in [2.05, 4.69) is 13.8 Å². The molecule has 0 saturated heterocycles. The van der Waals surface area contributed by atoms with Gasteiger partial charge in [0.25, 0.3) is 0 Å². The van der Waals surface area contributed by atoms with Gasteiger partial charge in [-0.3, -0.25) is 9.59 Å². The number of thioether (sulfide) groups is 2. The monoisotopic (exact) mass is 584 g/mol. The van der Waals surface area contributed by atoms with Crippen LogP contribution in [0.2, 0.25) is 0 Å². The van der Waals surface area contributed by atoms with E-state index in [1.165, 1.54) is 128 Å². The summed E-state index contributed by atoms with van der Waals surface area (Å²) in [5, 5.41) is 3.97. The molecule has 0 unspecified atom stereocenters. The standard InChI is InChI=1S/C33H60O4S2/c1-3-5-7-9-11-13-15-17-19-21-27-38-29-23-25-36-32(34)31-33(35)37-26-24-30-39-28-22-20-18-16-14-12-10-8-6-4-2/h23-24,29-30H,3-22,25-28,31H2,1-2H3/b29-23+,30-24+. The second-order valence-corrected chi connectivity index (χ2v) is 12.4. The summed E-state index contributed by atoms with van der Waals surface area (Å²) in [4.78, 5) is 23.5. The maximum absolute atomic E-state index is 11.8. The van der Waals surface area contributed by atoms with Gasteiger partial charge in [0.2, 0.25) is 0 Å². The van der Waals surface area contributed by atoms with Gasteiger partial charge in [-0.15, -0.1) is 23.5 Å². The highest BCUT2D eigenvalue weighted by Gasteiger charge is 2.10. The SMILES string of the molecule is CCCCCCCCCCCCS/C=C/COC(=O)CC(=O)OC/C=C/SCCCCCCCCCCCC. The predicted octanol–water partition coefficient (Wildman–Crippen LogP) is 10.8. The molecule has 0 aromatic heterocycles. The summed E-state index contributed by atoms with van der Waals surface area (Å²) in [5.41, 5.74) is 0. The molecule has 0 bridgehead atoms. The second-order valence-electron chi connectivity index (χ2n) is 10.4. The van der Waals surface area contributed by atoms with Crippen molar-refractivity contribution in [2.24, 2.45) is 0 Å². The fourth-order valence-electron chi connectivity index (χ4n) is 4.20. The molecule has 0 N–H and O–H groups in total. The van der Waals surface area contributed by atoms with E-state index in [1.54, 1.807) is 23.5 Å². The molecule has 0 atom stereocenters. The Balaban J connectivity index is 3.41. The Morgan fingerprint density at radius 3 is 1.13 bits per heavy atom. The van der Waals surface area contributed by atoms with Crippen molar-refractivity contribution in [2.45, 2.75) is 149 Å². The first-order chi connectivity index (χ1) is 19.2. The van der Waals surface area contributed by atoms with Crippen molar-refractivity contribution in [3.63, 3.8) is 0 Å². The van der Waals surface area contributed by atoms with E-state index in [9.17, 15) is 9.59 Å². The number of carbonyl (C=O) groups is 2. The van der Waals surface area contributed by atoms with Gasteiger partial charge in [-0.05, 0) is 47.3 Å². The van der Waals surface area contributed by atoms with Crippen molar-refractivity contribution in [1.82, 2.24) is 0 Å². The van der Waals surface area contributed by atoms with Crippen LogP contribution in [-0.4, -0.2) is 36.7 Å². The van der Waals surface area contributed by atoms with Crippen LogP contribution >= 0.6 is 23.5 Å². The predicted molar refractivity (Wildman–Crippen MR) is 173 cm³/mol. The Bertz CT molecular complexity index is 542. The number of hydrogen-bond acceptors (Lipinski definition) is 6. The van der Waals surface area contributed by atoms with Crippen molar-refractivity contribution in [2.75, 3.05) is 24.7 Å². The summed E-state index contributed by atoms with van der Waals surface area (Å²) in [5.74, 6) is 1.11. The van der Waals surface area contributed by atoms with Crippen LogP contribution in [0.25, 0.3) is 0 Å². The summed E-state index contributed by atoms with van der Waals surface area (Å²) >= 11 is 3.50. The summed E-state index contributed by atoms with van der Waals surface area (Å²) in [6.45, 7) is 4.93. The van der Waals surface area contributed by atoms with E-state index in [-0.39, 0.29) is 19.6 Å². The third-order valence-corrected chi connectivity index (χ3v) is 8.40. The highest BCUT2D eigenvalue weighted by molar-refractivity contribution is 8.02. The quantitative estimate of drug-likeness (QED) is 0.0475. The highest BCUT2D eigenvalue weighted by atomic mass is 32.2. The molecule has 0 aromatic carbocycles. The average Bonchev–Trinajstić information content (AvgIpc) is 2.93. The van der Waals surface area contributed by atoms with E-state index in [0.717, 1.165) is 11.5 Å². The number of esters is 2.